The van der Waals surface area contributed by atoms with Gasteiger partial charge in [-0.05, 0) is 55.2 Å². The van der Waals surface area contributed by atoms with E-state index in [4.69, 9.17) is 13.9 Å². The van der Waals surface area contributed by atoms with Crippen molar-refractivity contribution in [3.8, 4) is 5.75 Å². The van der Waals surface area contributed by atoms with Crippen molar-refractivity contribution < 1.29 is 35.9 Å². The van der Waals surface area contributed by atoms with Gasteiger partial charge in [0.2, 0.25) is 0 Å². The molecule has 0 aliphatic heterocycles. The fourth-order valence-electron chi connectivity index (χ4n) is 3.04. The van der Waals surface area contributed by atoms with Gasteiger partial charge in [-0.1, -0.05) is 39.0 Å². The number of benzene rings is 2. The highest BCUT2D eigenvalue weighted by Crippen LogP contribution is 2.37. The van der Waals surface area contributed by atoms with Gasteiger partial charge in [0.15, 0.2) is 20.0 Å². The van der Waals surface area contributed by atoms with Crippen molar-refractivity contribution in [1.29, 1.82) is 0 Å². The molecule has 0 amide bonds. The first-order valence-corrected chi connectivity index (χ1v) is 14.1. The molecule has 2 aromatic carbocycles. The molecule has 0 heterocycles. The molecule has 2 rings (SSSR count). The molecule has 0 radical (unpaired) electrons. The molecule has 34 heavy (non-hydrogen) atoms. The second kappa shape index (κ2) is 11.2. The summed E-state index contributed by atoms with van der Waals surface area (Å²) >= 11 is 0. The molecule has 0 fully saturated rings. The number of alkyl halides is 3. The Bertz CT molecular complexity index is 937. The molecular formula is C25H33F5O3Si. The quantitative estimate of drug-likeness (QED) is 0.242. The molecule has 0 saturated heterocycles. The van der Waals surface area contributed by atoms with E-state index in [0.717, 1.165) is 11.6 Å². The molecule has 0 aromatic heterocycles. The predicted molar refractivity (Wildman–Crippen MR) is 124 cm³/mol. The topological polar surface area (TPSA) is 27.7 Å². The molecule has 1 atom stereocenters. The van der Waals surface area contributed by atoms with E-state index in [1.807, 2.05) is 19.1 Å². The standard InChI is InChI=1S/C25H33F5O3Si/c1-7-31-21(14-15-33-34(5,6)24(2,3)4)17-8-11-19(12-9-17)32-16-18-10-13-20(25(28,29)30)23(27)22(18)26/h8-13,21H,7,14-16H2,1-6H3. The Kier molecular flexibility index (Phi) is 9.29. The van der Waals surface area contributed by atoms with Crippen LogP contribution in [0.4, 0.5) is 22.0 Å². The van der Waals surface area contributed by atoms with Crippen molar-refractivity contribution in [1.82, 2.24) is 0 Å². The summed E-state index contributed by atoms with van der Waals surface area (Å²) in [4.78, 5) is 0. The van der Waals surface area contributed by atoms with E-state index < -0.39 is 38.3 Å². The summed E-state index contributed by atoms with van der Waals surface area (Å²) in [7, 11) is -1.87. The second-order valence-electron chi connectivity index (χ2n) is 9.60. The fourth-order valence-corrected chi connectivity index (χ4v) is 4.11. The first-order chi connectivity index (χ1) is 15.7. The molecule has 0 aliphatic rings. The zero-order chi connectivity index (χ0) is 25.7. The highest BCUT2D eigenvalue weighted by atomic mass is 28.4. The van der Waals surface area contributed by atoms with Gasteiger partial charge in [-0.2, -0.15) is 13.2 Å². The van der Waals surface area contributed by atoms with Gasteiger partial charge < -0.3 is 13.9 Å². The lowest BCUT2D eigenvalue weighted by Gasteiger charge is -2.36. The Hall–Kier alpha value is -1.97. The van der Waals surface area contributed by atoms with E-state index in [2.05, 4.69) is 33.9 Å². The van der Waals surface area contributed by atoms with E-state index in [1.165, 1.54) is 0 Å². The average molecular weight is 505 g/mol. The van der Waals surface area contributed by atoms with Gasteiger partial charge in [0, 0.05) is 18.8 Å². The number of hydrogen-bond donors (Lipinski definition) is 0. The maximum atomic E-state index is 14.0. The monoisotopic (exact) mass is 504 g/mol. The SMILES string of the molecule is CCOC(CCO[Si](C)(C)C(C)(C)C)c1ccc(OCc2ccc(C(F)(F)F)c(F)c2F)cc1. The highest BCUT2D eigenvalue weighted by molar-refractivity contribution is 6.74. The molecule has 190 valence electrons. The third-order valence-corrected chi connectivity index (χ3v) is 10.7. The maximum absolute atomic E-state index is 14.0. The minimum absolute atomic E-state index is 0.114. The van der Waals surface area contributed by atoms with Crippen molar-refractivity contribution in [2.75, 3.05) is 13.2 Å². The fraction of sp³-hybridized carbons (Fsp3) is 0.520. The van der Waals surface area contributed by atoms with E-state index in [0.29, 0.717) is 31.5 Å². The maximum Gasteiger partial charge on any atom is 0.419 e. The van der Waals surface area contributed by atoms with Gasteiger partial charge in [0.25, 0.3) is 0 Å². The Labute approximate surface area is 199 Å². The van der Waals surface area contributed by atoms with Crippen LogP contribution in [0, 0.1) is 11.6 Å². The lowest BCUT2D eigenvalue weighted by atomic mass is 10.1. The van der Waals surface area contributed by atoms with Gasteiger partial charge in [-0.25, -0.2) is 8.78 Å². The van der Waals surface area contributed by atoms with Crippen molar-refractivity contribution in [3.63, 3.8) is 0 Å². The van der Waals surface area contributed by atoms with Crippen LogP contribution in [0.25, 0.3) is 0 Å². The second-order valence-corrected chi connectivity index (χ2v) is 14.4. The van der Waals surface area contributed by atoms with Gasteiger partial charge in [-0.3, -0.25) is 0 Å². The minimum atomic E-state index is -4.97. The van der Waals surface area contributed by atoms with Crippen molar-refractivity contribution >= 4 is 8.32 Å². The molecule has 0 bridgehead atoms. The lowest BCUT2D eigenvalue weighted by Crippen LogP contribution is -2.41. The lowest BCUT2D eigenvalue weighted by molar-refractivity contribution is -0.140. The summed E-state index contributed by atoms with van der Waals surface area (Å²) in [6, 6.07) is 8.34. The summed E-state index contributed by atoms with van der Waals surface area (Å²) in [6.07, 6.45) is -4.46. The first-order valence-electron chi connectivity index (χ1n) is 11.2. The molecular weight excluding hydrogens is 471 g/mol. The Morgan fingerprint density at radius 3 is 2.06 bits per heavy atom. The van der Waals surface area contributed by atoms with Gasteiger partial charge >= 0.3 is 6.18 Å². The smallest absolute Gasteiger partial charge is 0.419 e. The molecule has 0 saturated carbocycles. The van der Waals surface area contributed by atoms with E-state index in [9.17, 15) is 22.0 Å². The van der Waals surface area contributed by atoms with Gasteiger partial charge in [0.1, 0.15) is 12.4 Å². The van der Waals surface area contributed by atoms with Crippen LogP contribution in [0.1, 0.15) is 56.9 Å². The predicted octanol–water partition coefficient (Wildman–Crippen LogP) is 8.05. The Morgan fingerprint density at radius 1 is 0.912 bits per heavy atom. The van der Waals surface area contributed by atoms with E-state index in [1.54, 1.807) is 12.1 Å². The van der Waals surface area contributed by atoms with E-state index in [-0.39, 0.29) is 16.7 Å². The normalized spacial score (nSPS) is 13.7. The van der Waals surface area contributed by atoms with Crippen LogP contribution in [0.15, 0.2) is 36.4 Å². The van der Waals surface area contributed by atoms with Crippen molar-refractivity contribution in [2.45, 2.75) is 71.1 Å². The van der Waals surface area contributed by atoms with Crippen LogP contribution in [0.3, 0.4) is 0 Å². The largest absolute Gasteiger partial charge is 0.489 e. The minimum Gasteiger partial charge on any atom is -0.489 e. The van der Waals surface area contributed by atoms with Crippen molar-refractivity contribution in [3.05, 3.63) is 64.7 Å². The van der Waals surface area contributed by atoms with Crippen LogP contribution in [0.2, 0.25) is 18.1 Å². The summed E-state index contributed by atoms with van der Waals surface area (Å²) in [6.45, 7) is 13.5. The third-order valence-electron chi connectivity index (χ3n) is 6.13. The summed E-state index contributed by atoms with van der Waals surface area (Å²) in [5, 5.41) is 0.114. The first kappa shape index (κ1) is 28.3. The zero-order valence-electron chi connectivity index (χ0n) is 20.5. The molecule has 0 N–H and O–H groups in total. The van der Waals surface area contributed by atoms with Crippen LogP contribution in [-0.4, -0.2) is 21.5 Å². The van der Waals surface area contributed by atoms with Crippen LogP contribution in [0.5, 0.6) is 5.75 Å². The molecule has 1 unspecified atom stereocenters. The number of halogens is 5. The van der Waals surface area contributed by atoms with E-state index >= 15 is 0 Å². The third kappa shape index (κ3) is 7.26. The molecule has 0 aliphatic carbocycles. The Morgan fingerprint density at radius 2 is 1.53 bits per heavy atom. The Balaban J connectivity index is 2.02. The van der Waals surface area contributed by atoms with Crippen LogP contribution in [-0.2, 0) is 21.9 Å². The number of ether oxygens (including phenoxy) is 2. The summed E-state index contributed by atoms with van der Waals surface area (Å²) in [5.74, 6) is -3.12. The molecule has 0 spiro atoms. The van der Waals surface area contributed by atoms with Crippen LogP contribution < -0.4 is 4.74 Å². The van der Waals surface area contributed by atoms with Crippen LogP contribution >= 0.6 is 0 Å². The average Bonchev–Trinajstić information content (AvgIpc) is 2.73. The molecule has 2 aromatic rings. The summed E-state index contributed by atoms with van der Waals surface area (Å²) in [5.41, 5.74) is -1.03. The molecule has 9 heteroatoms. The van der Waals surface area contributed by atoms with Crippen molar-refractivity contribution in [2.24, 2.45) is 0 Å². The highest BCUT2D eigenvalue weighted by Gasteiger charge is 2.37. The van der Waals surface area contributed by atoms with Gasteiger partial charge in [0.05, 0.1) is 11.7 Å². The summed E-state index contributed by atoms with van der Waals surface area (Å²) < 4.78 is 83.5. The molecule has 3 nitrogen and oxygen atoms in total. The number of rotatable bonds is 10. The zero-order valence-corrected chi connectivity index (χ0v) is 21.5. The number of hydrogen-bond acceptors (Lipinski definition) is 3. The van der Waals surface area contributed by atoms with Gasteiger partial charge in [-0.15, -0.1) is 0 Å².